The van der Waals surface area contributed by atoms with Gasteiger partial charge >= 0.3 is 12.1 Å². The lowest BCUT2D eigenvalue weighted by molar-refractivity contribution is -0.153. The molecule has 0 aliphatic heterocycles. The number of rotatable bonds is 13. The molecule has 0 saturated heterocycles. The molecule has 8 nitrogen and oxygen atoms in total. The Balaban J connectivity index is 1.17. The van der Waals surface area contributed by atoms with Gasteiger partial charge in [-0.15, -0.1) is 0 Å². The quantitative estimate of drug-likeness (QED) is 0.106. The number of ether oxygens (including phenoxy) is 3. The van der Waals surface area contributed by atoms with Gasteiger partial charge < -0.3 is 24.8 Å². The smallest absolute Gasteiger partial charge is 0.407 e. The fourth-order valence-electron chi connectivity index (χ4n) is 7.15. The summed E-state index contributed by atoms with van der Waals surface area (Å²) in [5.74, 6) is -0.614. The monoisotopic (exact) mass is 718 g/mol. The van der Waals surface area contributed by atoms with Crippen LogP contribution >= 0.6 is 11.6 Å². The van der Waals surface area contributed by atoms with Crippen LogP contribution in [0.3, 0.4) is 0 Å². The normalized spacial score (nSPS) is 16.3. The molecule has 0 saturated carbocycles. The lowest BCUT2D eigenvalue weighted by atomic mass is 9.80. The van der Waals surface area contributed by atoms with Crippen molar-refractivity contribution in [2.75, 3.05) is 20.3 Å². The minimum atomic E-state index is -1.46. The van der Waals surface area contributed by atoms with Gasteiger partial charge in [-0.1, -0.05) is 123 Å². The average Bonchev–Trinajstić information content (AvgIpc) is 3.49. The Morgan fingerprint density at radius 2 is 1.58 bits per heavy atom. The van der Waals surface area contributed by atoms with Crippen molar-refractivity contribution in [1.82, 2.24) is 10.6 Å². The van der Waals surface area contributed by atoms with Gasteiger partial charge in [0.1, 0.15) is 24.9 Å². The van der Waals surface area contributed by atoms with Crippen molar-refractivity contribution in [3.05, 3.63) is 154 Å². The van der Waals surface area contributed by atoms with Crippen LogP contribution in [0.1, 0.15) is 66.8 Å². The molecule has 9 heteroatoms. The summed E-state index contributed by atoms with van der Waals surface area (Å²) in [6, 6.07) is 31.0. The third kappa shape index (κ3) is 7.77. The van der Waals surface area contributed by atoms with Crippen LogP contribution in [-0.4, -0.2) is 44.3 Å². The molecule has 2 amide bonds. The van der Waals surface area contributed by atoms with E-state index in [1.807, 2.05) is 80.6 Å². The number of hydrogen-bond acceptors (Lipinski definition) is 6. The maximum atomic E-state index is 13.8. The first-order valence-electron chi connectivity index (χ1n) is 17.6. The van der Waals surface area contributed by atoms with Crippen LogP contribution in [0.4, 0.5) is 4.79 Å². The molecule has 6 rings (SSSR count). The van der Waals surface area contributed by atoms with Crippen LogP contribution in [0.5, 0.6) is 5.75 Å². The zero-order valence-corrected chi connectivity index (χ0v) is 30.3. The first kappa shape index (κ1) is 36.5. The Hall–Kier alpha value is -5.34. The predicted molar refractivity (Wildman–Crippen MR) is 202 cm³/mol. The number of carbonyl (C=O) groups excluding carboxylic acids is 3. The molecular weight excluding hydrogens is 676 g/mol. The van der Waals surface area contributed by atoms with Crippen molar-refractivity contribution in [1.29, 1.82) is 0 Å². The summed E-state index contributed by atoms with van der Waals surface area (Å²) in [5.41, 5.74) is 5.19. The summed E-state index contributed by atoms with van der Waals surface area (Å²) in [5, 5.41) is 5.84. The number of carbonyl (C=O) groups is 3. The van der Waals surface area contributed by atoms with E-state index in [0.717, 1.165) is 18.4 Å². The molecule has 0 bridgehead atoms. The molecule has 4 aromatic carbocycles. The summed E-state index contributed by atoms with van der Waals surface area (Å²) in [6.07, 6.45) is 5.86. The molecule has 268 valence electrons. The SMILES string of the molecule is COc1ccc(C(OC(=O)CNC(=O)C(CC(C)C)NC(=O)OCC2C3=C(CCC=C3)c3ccccc32)(c2ccccc2)c2ccccc2Cl)cc1. The Morgan fingerprint density at radius 1 is 0.885 bits per heavy atom. The van der Waals surface area contributed by atoms with Gasteiger partial charge in [0.2, 0.25) is 5.91 Å². The van der Waals surface area contributed by atoms with Gasteiger partial charge in [-0.2, -0.15) is 0 Å². The molecule has 3 atom stereocenters. The summed E-state index contributed by atoms with van der Waals surface area (Å²) in [7, 11) is 1.58. The van der Waals surface area contributed by atoms with E-state index in [2.05, 4.69) is 34.9 Å². The van der Waals surface area contributed by atoms with E-state index in [1.165, 1.54) is 16.7 Å². The van der Waals surface area contributed by atoms with Gasteiger partial charge in [-0.05, 0) is 65.7 Å². The number of nitrogens with one attached hydrogen (secondary N) is 2. The number of methoxy groups -OCH3 is 1. The standard InChI is InChI=1S/C43H43ClN2O6/c1-28(2)25-39(46-42(49)51-27-36-34-17-9-7-15-32(34)33-16-8-10-18-35(33)36)41(48)45-26-40(47)52-43(29-13-5-4-6-14-29,37-19-11-12-20-38(37)44)30-21-23-31(50-3)24-22-30/h4-7,9-15,17-24,28,36,39H,8,16,25-27H2,1-3H3,(H,45,48)(H,46,49). The Kier molecular flexibility index (Phi) is 11.5. The van der Waals surface area contributed by atoms with Gasteiger partial charge in [0.25, 0.3) is 0 Å². The lowest BCUT2D eigenvalue weighted by Crippen LogP contribution is -2.49. The molecule has 3 unspecified atom stereocenters. The molecular formula is C43H43ClN2O6. The fourth-order valence-corrected chi connectivity index (χ4v) is 7.42. The molecule has 4 aromatic rings. The molecule has 2 N–H and O–H groups in total. The Labute approximate surface area is 309 Å². The van der Waals surface area contributed by atoms with Gasteiger partial charge in [0.15, 0.2) is 5.60 Å². The molecule has 0 spiro atoms. The van der Waals surface area contributed by atoms with E-state index in [1.54, 1.807) is 31.4 Å². The maximum absolute atomic E-state index is 13.8. The average molecular weight is 719 g/mol. The Morgan fingerprint density at radius 3 is 2.31 bits per heavy atom. The highest BCUT2D eigenvalue weighted by Gasteiger charge is 2.42. The molecule has 0 heterocycles. The number of esters is 1. The molecule has 2 aliphatic carbocycles. The highest BCUT2D eigenvalue weighted by molar-refractivity contribution is 6.31. The van der Waals surface area contributed by atoms with E-state index in [9.17, 15) is 14.4 Å². The largest absolute Gasteiger partial charge is 0.497 e. The van der Waals surface area contributed by atoms with Crippen LogP contribution in [0.25, 0.3) is 5.57 Å². The number of hydrogen-bond donors (Lipinski definition) is 2. The first-order valence-corrected chi connectivity index (χ1v) is 18.0. The topological polar surface area (TPSA) is 103 Å². The number of fused-ring (bicyclic) bond motifs is 2. The zero-order valence-electron chi connectivity index (χ0n) is 29.6. The van der Waals surface area contributed by atoms with Gasteiger partial charge in [0, 0.05) is 27.6 Å². The summed E-state index contributed by atoms with van der Waals surface area (Å²) < 4.78 is 17.6. The third-order valence-corrected chi connectivity index (χ3v) is 9.87. The van der Waals surface area contributed by atoms with Crippen LogP contribution < -0.4 is 15.4 Å². The van der Waals surface area contributed by atoms with Gasteiger partial charge in [0.05, 0.1) is 7.11 Å². The van der Waals surface area contributed by atoms with Gasteiger partial charge in [-0.25, -0.2) is 4.79 Å². The highest BCUT2D eigenvalue weighted by Crippen LogP contribution is 2.46. The first-order chi connectivity index (χ1) is 25.2. The van der Waals surface area contributed by atoms with E-state index >= 15 is 0 Å². The lowest BCUT2D eigenvalue weighted by Gasteiger charge is -2.36. The predicted octanol–water partition coefficient (Wildman–Crippen LogP) is 8.34. The van der Waals surface area contributed by atoms with Gasteiger partial charge in [-0.3, -0.25) is 9.59 Å². The van der Waals surface area contributed by atoms with Crippen molar-refractivity contribution in [2.24, 2.45) is 5.92 Å². The number of halogens is 1. The molecule has 0 fully saturated rings. The van der Waals surface area contributed by atoms with Crippen molar-refractivity contribution in [3.63, 3.8) is 0 Å². The minimum Gasteiger partial charge on any atom is -0.497 e. The van der Waals surface area contributed by atoms with Crippen LogP contribution in [0, 0.1) is 5.92 Å². The second kappa shape index (κ2) is 16.3. The molecule has 2 aliphatic rings. The molecule has 0 aromatic heterocycles. The zero-order chi connectivity index (χ0) is 36.7. The summed E-state index contributed by atoms with van der Waals surface area (Å²) in [4.78, 5) is 40.6. The van der Waals surface area contributed by atoms with Crippen LogP contribution in [0.15, 0.2) is 121 Å². The van der Waals surface area contributed by atoms with Crippen molar-refractivity contribution in [3.8, 4) is 5.75 Å². The fraction of sp³-hybridized carbons (Fsp3) is 0.279. The van der Waals surface area contributed by atoms with E-state index in [0.29, 0.717) is 33.9 Å². The number of benzene rings is 4. The summed E-state index contributed by atoms with van der Waals surface area (Å²) >= 11 is 6.80. The van der Waals surface area contributed by atoms with E-state index in [4.69, 9.17) is 25.8 Å². The second-order valence-corrected chi connectivity index (χ2v) is 13.8. The number of allylic oxidation sites excluding steroid dienone is 3. The molecule has 52 heavy (non-hydrogen) atoms. The van der Waals surface area contributed by atoms with Crippen molar-refractivity contribution < 1.29 is 28.6 Å². The van der Waals surface area contributed by atoms with Crippen LogP contribution in [0.2, 0.25) is 5.02 Å². The van der Waals surface area contributed by atoms with Crippen LogP contribution in [-0.2, 0) is 24.7 Å². The highest BCUT2D eigenvalue weighted by atomic mass is 35.5. The number of amides is 2. The summed E-state index contributed by atoms with van der Waals surface area (Å²) in [6.45, 7) is 3.59. The maximum Gasteiger partial charge on any atom is 0.407 e. The second-order valence-electron chi connectivity index (χ2n) is 13.4. The minimum absolute atomic E-state index is 0.0609. The molecule has 0 radical (unpaired) electrons. The van der Waals surface area contributed by atoms with Crippen molar-refractivity contribution in [2.45, 2.75) is 50.7 Å². The van der Waals surface area contributed by atoms with E-state index < -0.39 is 36.2 Å². The number of alkyl carbamates (subject to hydrolysis) is 1. The van der Waals surface area contributed by atoms with E-state index in [-0.39, 0.29) is 18.4 Å². The third-order valence-electron chi connectivity index (χ3n) is 9.54. The van der Waals surface area contributed by atoms with Crippen molar-refractivity contribution >= 4 is 35.1 Å². The Bertz CT molecular complexity index is 1970.